The summed E-state index contributed by atoms with van der Waals surface area (Å²) in [6.45, 7) is 2.02. The zero-order chi connectivity index (χ0) is 11.8. The molecule has 0 spiro atoms. The van der Waals surface area contributed by atoms with Gasteiger partial charge < -0.3 is 4.90 Å². The summed E-state index contributed by atoms with van der Waals surface area (Å²) < 4.78 is 1.94. The number of nitrogens with zero attached hydrogens (tertiary/aromatic N) is 3. The number of rotatable bonds is 6. The van der Waals surface area contributed by atoms with Crippen molar-refractivity contribution in [3.05, 3.63) is 17.4 Å². The Hall–Kier alpha value is -0.540. The minimum absolute atomic E-state index is 0.730. The van der Waals surface area contributed by atoms with E-state index in [1.54, 1.807) is 6.20 Å². The van der Waals surface area contributed by atoms with Crippen LogP contribution < -0.4 is 0 Å². The van der Waals surface area contributed by atoms with E-state index < -0.39 is 0 Å². The summed E-state index contributed by atoms with van der Waals surface area (Å²) in [5, 5.41) is 4.96. The molecule has 0 radical (unpaired) electrons. The van der Waals surface area contributed by atoms with Crippen molar-refractivity contribution in [1.82, 2.24) is 14.7 Å². The van der Waals surface area contributed by atoms with Crippen LogP contribution in [0.1, 0.15) is 25.7 Å². The number of likely N-dealkylation sites (N-methyl/N-ethyl adjacent to an activating group) is 1. The second-order valence-electron chi connectivity index (χ2n) is 5.57. The summed E-state index contributed by atoms with van der Waals surface area (Å²) in [5.41, 5.74) is 0. The molecule has 0 amide bonds. The van der Waals surface area contributed by atoms with Gasteiger partial charge in [-0.3, -0.25) is 4.68 Å². The third-order valence-corrected chi connectivity index (χ3v) is 4.20. The molecule has 2 saturated carbocycles. The van der Waals surface area contributed by atoms with Crippen molar-refractivity contribution in [2.24, 2.45) is 11.8 Å². The van der Waals surface area contributed by atoms with E-state index in [9.17, 15) is 0 Å². The lowest BCUT2D eigenvalue weighted by Gasteiger charge is -2.28. The average Bonchev–Trinajstić information content (AvgIpc) is 3.20. The Kier molecular flexibility index (Phi) is 3.14. The fraction of sp³-hybridized carbons (Fsp3) is 0.769. The van der Waals surface area contributed by atoms with Crippen molar-refractivity contribution < 1.29 is 0 Å². The molecule has 1 aromatic heterocycles. The van der Waals surface area contributed by atoms with Gasteiger partial charge in [0, 0.05) is 18.8 Å². The molecule has 0 atom stereocenters. The van der Waals surface area contributed by atoms with Gasteiger partial charge in [-0.2, -0.15) is 5.10 Å². The molecule has 2 aliphatic carbocycles. The molecule has 4 heteroatoms. The normalized spacial score (nSPS) is 20.5. The quantitative estimate of drug-likeness (QED) is 0.777. The number of aromatic nitrogens is 2. The van der Waals surface area contributed by atoms with Crippen LogP contribution in [0, 0.1) is 11.8 Å². The van der Waals surface area contributed by atoms with Crippen LogP contribution in [0.4, 0.5) is 0 Å². The summed E-state index contributed by atoms with van der Waals surface area (Å²) in [6, 6.07) is 0.834. The van der Waals surface area contributed by atoms with Crippen LogP contribution in [-0.4, -0.2) is 34.3 Å². The van der Waals surface area contributed by atoms with Crippen molar-refractivity contribution in [3.63, 3.8) is 0 Å². The maximum Gasteiger partial charge on any atom is 0.0785 e. The maximum atomic E-state index is 5.86. The van der Waals surface area contributed by atoms with Gasteiger partial charge in [0.25, 0.3) is 0 Å². The standard InChI is InChI=1S/C13H20ClN3/c1-16(6-7-17-9-12(14)8-15-17)13(10-2-3-10)11-4-5-11/h8-11,13H,2-7H2,1H3. The van der Waals surface area contributed by atoms with Crippen LogP contribution in [0.2, 0.25) is 5.02 Å². The molecule has 3 rings (SSSR count). The van der Waals surface area contributed by atoms with Gasteiger partial charge in [0.1, 0.15) is 0 Å². The van der Waals surface area contributed by atoms with Crippen molar-refractivity contribution in [2.45, 2.75) is 38.3 Å². The highest BCUT2D eigenvalue weighted by Crippen LogP contribution is 2.46. The van der Waals surface area contributed by atoms with E-state index in [0.717, 1.165) is 36.0 Å². The Morgan fingerprint density at radius 3 is 2.53 bits per heavy atom. The third kappa shape index (κ3) is 2.83. The van der Waals surface area contributed by atoms with E-state index in [-0.39, 0.29) is 0 Å². The molecule has 0 unspecified atom stereocenters. The van der Waals surface area contributed by atoms with E-state index in [2.05, 4.69) is 17.0 Å². The van der Waals surface area contributed by atoms with E-state index in [4.69, 9.17) is 11.6 Å². The van der Waals surface area contributed by atoms with Crippen LogP contribution in [0.15, 0.2) is 12.4 Å². The van der Waals surface area contributed by atoms with Crippen LogP contribution >= 0.6 is 11.6 Å². The lowest BCUT2D eigenvalue weighted by atomic mass is 10.1. The van der Waals surface area contributed by atoms with Gasteiger partial charge in [0.2, 0.25) is 0 Å². The van der Waals surface area contributed by atoms with Crippen LogP contribution in [-0.2, 0) is 6.54 Å². The first kappa shape index (κ1) is 11.5. The molecule has 1 heterocycles. The molecule has 17 heavy (non-hydrogen) atoms. The molecule has 3 nitrogen and oxygen atoms in total. The maximum absolute atomic E-state index is 5.86. The fourth-order valence-corrected chi connectivity index (χ4v) is 3.01. The smallest absolute Gasteiger partial charge is 0.0785 e. The molecule has 1 aromatic rings. The summed E-state index contributed by atoms with van der Waals surface area (Å²) in [4.78, 5) is 2.55. The molecular weight excluding hydrogens is 234 g/mol. The van der Waals surface area contributed by atoms with Gasteiger partial charge in [0.05, 0.1) is 17.8 Å². The van der Waals surface area contributed by atoms with E-state index in [1.165, 1.54) is 25.7 Å². The highest BCUT2D eigenvalue weighted by Gasteiger charge is 2.43. The van der Waals surface area contributed by atoms with Gasteiger partial charge in [-0.1, -0.05) is 11.6 Å². The Bertz CT molecular complexity index is 370. The number of hydrogen-bond acceptors (Lipinski definition) is 2. The average molecular weight is 254 g/mol. The minimum Gasteiger partial charge on any atom is -0.301 e. The number of halogens is 1. The minimum atomic E-state index is 0.730. The molecule has 0 N–H and O–H groups in total. The van der Waals surface area contributed by atoms with Crippen molar-refractivity contribution in [2.75, 3.05) is 13.6 Å². The van der Waals surface area contributed by atoms with Crippen LogP contribution in [0.25, 0.3) is 0 Å². The van der Waals surface area contributed by atoms with Crippen molar-refractivity contribution >= 4 is 11.6 Å². The topological polar surface area (TPSA) is 21.1 Å². The Balaban J connectivity index is 1.53. The molecule has 2 fully saturated rings. The number of hydrogen-bond donors (Lipinski definition) is 0. The van der Waals surface area contributed by atoms with E-state index in [1.807, 2.05) is 10.9 Å². The van der Waals surface area contributed by atoms with Gasteiger partial charge in [-0.25, -0.2) is 0 Å². The SMILES string of the molecule is CN(CCn1cc(Cl)cn1)C(C1CC1)C1CC1. The van der Waals surface area contributed by atoms with Gasteiger partial charge in [-0.05, 0) is 44.6 Å². The lowest BCUT2D eigenvalue weighted by molar-refractivity contribution is 0.186. The van der Waals surface area contributed by atoms with Gasteiger partial charge in [-0.15, -0.1) is 0 Å². The molecule has 2 aliphatic rings. The third-order valence-electron chi connectivity index (χ3n) is 4.00. The fourth-order valence-electron chi connectivity index (χ4n) is 2.85. The molecule has 0 aliphatic heterocycles. The van der Waals surface area contributed by atoms with Crippen molar-refractivity contribution in [3.8, 4) is 0 Å². The Morgan fingerprint density at radius 2 is 2.06 bits per heavy atom. The summed E-state index contributed by atoms with van der Waals surface area (Å²) >= 11 is 5.86. The van der Waals surface area contributed by atoms with Crippen molar-refractivity contribution in [1.29, 1.82) is 0 Å². The predicted molar refractivity (Wildman–Crippen MR) is 69.1 cm³/mol. The molecule has 0 saturated heterocycles. The van der Waals surface area contributed by atoms with Gasteiger partial charge in [0.15, 0.2) is 0 Å². The second-order valence-corrected chi connectivity index (χ2v) is 6.00. The molecule has 0 bridgehead atoms. The first-order chi connectivity index (χ1) is 8.24. The summed E-state index contributed by atoms with van der Waals surface area (Å²) in [6.07, 6.45) is 9.38. The summed E-state index contributed by atoms with van der Waals surface area (Å²) in [5.74, 6) is 1.96. The zero-order valence-corrected chi connectivity index (χ0v) is 11.1. The summed E-state index contributed by atoms with van der Waals surface area (Å²) in [7, 11) is 2.27. The van der Waals surface area contributed by atoms with Gasteiger partial charge >= 0.3 is 0 Å². The van der Waals surface area contributed by atoms with Crippen LogP contribution in [0.5, 0.6) is 0 Å². The monoisotopic (exact) mass is 253 g/mol. The first-order valence-corrected chi connectivity index (χ1v) is 7.00. The second kappa shape index (κ2) is 4.62. The largest absolute Gasteiger partial charge is 0.301 e. The van der Waals surface area contributed by atoms with E-state index in [0.29, 0.717) is 0 Å². The first-order valence-electron chi connectivity index (χ1n) is 6.62. The molecular formula is C13H20ClN3. The molecule has 0 aromatic carbocycles. The Morgan fingerprint density at radius 1 is 1.41 bits per heavy atom. The molecule has 94 valence electrons. The predicted octanol–water partition coefficient (Wildman–Crippen LogP) is 2.66. The van der Waals surface area contributed by atoms with E-state index >= 15 is 0 Å². The lowest BCUT2D eigenvalue weighted by Crippen LogP contribution is -2.37. The highest BCUT2D eigenvalue weighted by atomic mass is 35.5. The highest BCUT2D eigenvalue weighted by molar-refractivity contribution is 6.30. The Labute approximate surface area is 108 Å². The zero-order valence-electron chi connectivity index (χ0n) is 10.3. The van der Waals surface area contributed by atoms with Crippen LogP contribution in [0.3, 0.4) is 0 Å².